The van der Waals surface area contributed by atoms with E-state index in [9.17, 15) is 0 Å². The number of nitrogens with one attached hydrogen (secondary N) is 2. The second-order valence-corrected chi connectivity index (χ2v) is 13.0. The van der Waals surface area contributed by atoms with Gasteiger partial charge in [0.25, 0.3) is 0 Å². The average Bonchev–Trinajstić information content (AvgIpc) is 2.93. The van der Waals surface area contributed by atoms with Crippen LogP contribution in [0.1, 0.15) is 148 Å². The van der Waals surface area contributed by atoms with Crippen molar-refractivity contribution in [2.24, 2.45) is 0 Å². The van der Waals surface area contributed by atoms with Crippen molar-refractivity contribution in [2.75, 3.05) is 0 Å². The molecule has 2 nitrogen and oxygen atoms in total. The van der Waals surface area contributed by atoms with Crippen LogP contribution in [-0.4, -0.2) is 30.9 Å². The van der Waals surface area contributed by atoms with E-state index in [1.807, 2.05) is 0 Å². The Labute approximate surface area is 206 Å². The largest absolute Gasteiger partial charge is 0.312 e. The molecule has 2 N–H and O–H groups in total. The van der Waals surface area contributed by atoms with Gasteiger partial charge < -0.3 is 10.6 Å². The summed E-state index contributed by atoms with van der Waals surface area (Å²) in [4.78, 5) is 0. The van der Waals surface area contributed by atoms with E-state index in [-0.39, 0.29) is 0 Å². The molecule has 3 aliphatic carbocycles. The summed E-state index contributed by atoms with van der Waals surface area (Å²) in [6.45, 7) is 1.01. The summed E-state index contributed by atoms with van der Waals surface area (Å²) in [6.07, 6.45) is 34.2. The Morgan fingerprint density at radius 1 is 0.333 bits per heavy atom. The number of fused-ring (bicyclic) bond motifs is 4. The molecule has 0 amide bonds. The van der Waals surface area contributed by atoms with Gasteiger partial charge in [0, 0.05) is 24.2 Å². The summed E-state index contributed by atoms with van der Waals surface area (Å²) in [7, 11) is 0. The van der Waals surface area contributed by atoms with Crippen LogP contribution in [0.3, 0.4) is 0 Å². The fraction of sp³-hybridized carbons (Fsp3) is 1.00. The van der Waals surface area contributed by atoms with Crippen molar-refractivity contribution < 1.29 is 0 Å². The molecule has 0 aromatic rings. The molecule has 0 aromatic heterocycles. The monoisotopic (exact) mass is 454 g/mol. The molecular formula is C30H55BN2. The molecule has 0 spiro atoms. The highest BCUT2D eigenvalue weighted by molar-refractivity contribution is 6.65. The van der Waals surface area contributed by atoms with Crippen LogP contribution in [0.2, 0.25) is 17.5 Å². The van der Waals surface area contributed by atoms with E-state index in [1.165, 1.54) is 148 Å². The maximum absolute atomic E-state index is 4.43. The Hall–Kier alpha value is -0.0151. The van der Waals surface area contributed by atoms with Gasteiger partial charge in [-0.3, -0.25) is 0 Å². The van der Waals surface area contributed by atoms with E-state index >= 15 is 0 Å². The highest BCUT2D eigenvalue weighted by Gasteiger charge is 2.55. The second kappa shape index (κ2) is 12.8. The summed E-state index contributed by atoms with van der Waals surface area (Å²) < 4.78 is 0. The highest BCUT2D eigenvalue weighted by Crippen LogP contribution is 2.52. The third kappa shape index (κ3) is 6.22. The molecule has 2 saturated heterocycles. The lowest BCUT2D eigenvalue weighted by Gasteiger charge is -2.58. The fourth-order valence-corrected chi connectivity index (χ4v) is 9.36. The summed E-state index contributed by atoms with van der Waals surface area (Å²) in [5, 5.41) is 8.85. The molecular weight excluding hydrogens is 399 g/mol. The molecule has 0 radical (unpaired) electrons. The first-order valence-electron chi connectivity index (χ1n) is 15.9. The number of hydrogen-bond acceptors (Lipinski definition) is 2. The lowest BCUT2D eigenvalue weighted by molar-refractivity contribution is 0.221. The van der Waals surface area contributed by atoms with Gasteiger partial charge in [-0.25, -0.2) is 0 Å². The van der Waals surface area contributed by atoms with E-state index in [0.29, 0.717) is 0 Å². The summed E-state index contributed by atoms with van der Waals surface area (Å²) in [6, 6.07) is 3.25. The van der Waals surface area contributed by atoms with Gasteiger partial charge in [-0.1, -0.05) is 122 Å². The van der Waals surface area contributed by atoms with E-state index in [4.69, 9.17) is 0 Å². The second-order valence-electron chi connectivity index (χ2n) is 13.0. The van der Waals surface area contributed by atoms with Gasteiger partial charge in [0.1, 0.15) is 0 Å². The molecule has 7 unspecified atom stereocenters. The molecule has 5 fully saturated rings. The molecule has 0 bridgehead atoms. The topological polar surface area (TPSA) is 24.1 Å². The fourth-order valence-electron chi connectivity index (χ4n) is 9.36. The van der Waals surface area contributed by atoms with Gasteiger partial charge in [0.05, 0.1) is 0 Å². The Kier molecular flexibility index (Phi) is 9.57. The predicted octanol–water partition coefficient (Wildman–Crippen LogP) is 8.29. The van der Waals surface area contributed by atoms with Crippen LogP contribution in [0.25, 0.3) is 0 Å². The minimum Gasteiger partial charge on any atom is -0.312 e. The average molecular weight is 455 g/mol. The smallest absolute Gasteiger partial charge is 0.156 e. The minimum absolute atomic E-state index is 0.793. The van der Waals surface area contributed by atoms with Crippen LogP contribution in [0.4, 0.5) is 0 Å². The van der Waals surface area contributed by atoms with Gasteiger partial charge in [0.15, 0.2) is 6.71 Å². The highest BCUT2D eigenvalue weighted by atomic mass is 15.0. The van der Waals surface area contributed by atoms with Crippen molar-refractivity contribution in [3.8, 4) is 0 Å². The molecule has 2 heterocycles. The van der Waals surface area contributed by atoms with Crippen molar-refractivity contribution in [1.82, 2.24) is 10.6 Å². The zero-order valence-electron chi connectivity index (χ0n) is 21.9. The van der Waals surface area contributed by atoms with Crippen LogP contribution in [0.15, 0.2) is 0 Å². The number of hydrogen-bond donors (Lipinski definition) is 2. The van der Waals surface area contributed by atoms with Crippen LogP contribution >= 0.6 is 0 Å². The normalized spacial score (nSPS) is 42.2. The molecule has 2 aliphatic heterocycles. The van der Waals surface area contributed by atoms with E-state index in [1.54, 1.807) is 0 Å². The Morgan fingerprint density at radius 3 is 1.03 bits per heavy atom. The standard InChI is InChI=1S/C30H55BN2/c1-2-4-8-17-23-29-30-28(22-16-7-3-1)32-26-20-14-9-5-6-12-18-24(26)31(30)25-19-13-10-11-15-21-27(25)33-29/h24-30,32-33H,1-23H2. The first-order valence-corrected chi connectivity index (χ1v) is 15.9. The van der Waals surface area contributed by atoms with Gasteiger partial charge in [-0.15, -0.1) is 0 Å². The molecule has 5 aliphatic rings. The Bertz CT molecular complexity index is 567. The number of rotatable bonds is 0. The van der Waals surface area contributed by atoms with Crippen LogP contribution in [0.5, 0.6) is 0 Å². The lowest BCUT2D eigenvalue weighted by Crippen LogP contribution is -2.68. The van der Waals surface area contributed by atoms with Gasteiger partial charge >= 0.3 is 0 Å². The summed E-state index contributed by atoms with van der Waals surface area (Å²) >= 11 is 0. The van der Waals surface area contributed by atoms with Crippen LogP contribution < -0.4 is 10.6 Å². The summed E-state index contributed by atoms with van der Waals surface area (Å²) in [5.41, 5.74) is 0. The molecule has 3 saturated carbocycles. The molecule has 5 rings (SSSR count). The zero-order chi connectivity index (χ0) is 22.3. The van der Waals surface area contributed by atoms with Gasteiger partial charge in [-0.2, -0.15) is 0 Å². The first-order chi connectivity index (χ1) is 16.4. The molecule has 0 aromatic carbocycles. The van der Waals surface area contributed by atoms with Crippen molar-refractivity contribution in [3.05, 3.63) is 0 Å². The van der Waals surface area contributed by atoms with Crippen LogP contribution in [0, 0.1) is 0 Å². The maximum atomic E-state index is 4.43. The Morgan fingerprint density at radius 2 is 0.636 bits per heavy atom. The first kappa shape index (κ1) is 24.7. The van der Waals surface area contributed by atoms with Crippen LogP contribution in [-0.2, 0) is 0 Å². The Balaban J connectivity index is 1.45. The molecule has 7 atom stereocenters. The zero-order valence-corrected chi connectivity index (χ0v) is 21.9. The summed E-state index contributed by atoms with van der Waals surface area (Å²) in [5.74, 6) is 2.85. The molecule has 188 valence electrons. The minimum atomic E-state index is 0.793. The van der Waals surface area contributed by atoms with Gasteiger partial charge in [-0.05, 0) is 43.1 Å². The SMILES string of the molecule is C1CCCCCC2NC3CCCCCCC3B3C4CCCCCCCC4NC(CCCC1)C32. The quantitative estimate of drug-likeness (QED) is 0.360. The van der Waals surface area contributed by atoms with E-state index < -0.39 is 0 Å². The third-order valence-electron chi connectivity index (χ3n) is 10.9. The van der Waals surface area contributed by atoms with Crippen molar-refractivity contribution in [2.45, 2.75) is 189 Å². The predicted molar refractivity (Wildman–Crippen MR) is 145 cm³/mol. The van der Waals surface area contributed by atoms with E-state index in [2.05, 4.69) is 10.6 Å². The maximum Gasteiger partial charge on any atom is 0.156 e. The van der Waals surface area contributed by atoms with Crippen molar-refractivity contribution in [1.29, 1.82) is 0 Å². The molecule has 33 heavy (non-hydrogen) atoms. The van der Waals surface area contributed by atoms with Crippen molar-refractivity contribution in [3.63, 3.8) is 0 Å². The third-order valence-corrected chi connectivity index (χ3v) is 10.9. The molecule has 3 heteroatoms. The lowest BCUT2D eigenvalue weighted by atomic mass is 9.20. The van der Waals surface area contributed by atoms with Crippen molar-refractivity contribution >= 4 is 6.71 Å². The van der Waals surface area contributed by atoms with Gasteiger partial charge in [0.2, 0.25) is 0 Å². The van der Waals surface area contributed by atoms with E-state index in [0.717, 1.165) is 48.3 Å².